The summed E-state index contributed by atoms with van der Waals surface area (Å²) in [5, 5.41) is 0. The summed E-state index contributed by atoms with van der Waals surface area (Å²) in [5.74, 6) is 0.557. The highest BCUT2D eigenvalue weighted by Crippen LogP contribution is 2.27. The zero-order chi connectivity index (χ0) is 19.4. The topological polar surface area (TPSA) is 74.8 Å². The number of piperazine rings is 1. The molecule has 0 N–H and O–H groups in total. The first-order valence-electron chi connectivity index (χ1n) is 9.77. The molecule has 0 spiro atoms. The molecule has 0 unspecified atom stereocenters. The van der Waals surface area contributed by atoms with Crippen LogP contribution in [-0.4, -0.2) is 55.5 Å². The molecule has 1 aliphatic heterocycles. The summed E-state index contributed by atoms with van der Waals surface area (Å²) in [6.07, 6.45) is 6.57. The predicted octanol–water partition coefficient (Wildman–Crippen LogP) is 2.69. The molecule has 148 valence electrons. The van der Waals surface area contributed by atoms with Gasteiger partial charge in [0, 0.05) is 38.2 Å². The normalized spacial score (nSPS) is 19.8. The van der Waals surface area contributed by atoms with Gasteiger partial charge in [0.1, 0.15) is 0 Å². The van der Waals surface area contributed by atoms with E-state index in [-0.39, 0.29) is 16.6 Å². The molecule has 1 heterocycles. The Kier molecular flexibility index (Phi) is 6.32. The molecule has 7 heteroatoms. The van der Waals surface area contributed by atoms with Gasteiger partial charge in [0.2, 0.25) is 15.9 Å². The van der Waals surface area contributed by atoms with E-state index in [0.29, 0.717) is 44.1 Å². The average molecular weight is 393 g/mol. The van der Waals surface area contributed by atoms with Crippen LogP contribution in [0.1, 0.15) is 55.8 Å². The van der Waals surface area contributed by atoms with E-state index in [2.05, 4.69) is 0 Å². The summed E-state index contributed by atoms with van der Waals surface area (Å²) in [4.78, 5) is 25.9. The van der Waals surface area contributed by atoms with Crippen molar-refractivity contribution in [3.63, 3.8) is 0 Å². The molecule has 2 aliphatic rings. The van der Waals surface area contributed by atoms with Crippen molar-refractivity contribution in [2.75, 3.05) is 26.2 Å². The van der Waals surface area contributed by atoms with Crippen molar-refractivity contribution in [1.82, 2.24) is 9.21 Å². The highest BCUT2D eigenvalue weighted by Gasteiger charge is 2.31. The highest BCUT2D eigenvalue weighted by molar-refractivity contribution is 7.89. The van der Waals surface area contributed by atoms with E-state index in [0.717, 1.165) is 12.8 Å². The Hall–Kier alpha value is -1.73. The molecule has 1 saturated carbocycles. The second kappa shape index (κ2) is 8.52. The number of nitrogens with zero attached hydrogens (tertiary/aromatic N) is 2. The maximum Gasteiger partial charge on any atom is 0.243 e. The van der Waals surface area contributed by atoms with Gasteiger partial charge in [-0.2, -0.15) is 4.31 Å². The number of amides is 1. The summed E-state index contributed by atoms with van der Waals surface area (Å²) in [7, 11) is -3.60. The summed E-state index contributed by atoms with van der Waals surface area (Å²) in [6, 6.07) is 6.04. The van der Waals surface area contributed by atoms with Crippen molar-refractivity contribution < 1.29 is 18.0 Å². The standard InChI is InChI=1S/C20H28N2O4S/c1-16(23)18-7-9-19(10-8-18)27(25,26)22-13-11-21(12-14-22)20(24)15-17-5-3-2-4-6-17/h7-10,17H,2-6,11-15H2,1H3. The van der Waals surface area contributed by atoms with Crippen LogP contribution in [0.5, 0.6) is 0 Å². The third-order valence-electron chi connectivity index (χ3n) is 5.68. The number of sulfonamides is 1. The molecule has 1 aliphatic carbocycles. The first-order chi connectivity index (χ1) is 12.9. The Morgan fingerprint density at radius 3 is 2.11 bits per heavy atom. The molecule has 2 fully saturated rings. The van der Waals surface area contributed by atoms with Crippen LogP contribution in [0.4, 0.5) is 0 Å². The van der Waals surface area contributed by atoms with E-state index < -0.39 is 10.0 Å². The van der Waals surface area contributed by atoms with Gasteiger partial charge in [-0.25, -0.2) is 8.42 Å². The van der Waals surface area contributed by atoms with Gasteiger partial charge >= 0.3 is 0 Å². The van der Waals surface area contributed by atoms with Gasteiger partial charge in [-0.3, -0.25) is 9.59 Å². The Morgan fingerprint density at radius 1 is 0.963 bits per heavy atom. The summed E-state index contributed by atoms with van der Waals surface area (Å²) in [6.45, 7) is 2.96. The molecular weight excluding hydrogens is 364 g/mol. The fourth-order valence-corrected chi connectivity index (χ4v) is 5.38. The van der Waals surface area contributed by atoms with Gasteiger partial charge in [-0.1, -0.05) is 31.4 Å². The molecule has 27 heavy (non-hydrogen) atoms. The maximum absolute atomic E-state index is 12.8. The lowest BCUT2D eigenvalue weighted by Crippen LogP contribution is -2.50. The second-order valence-corrected chi connectivity index (χ2v) is 9.51. The number of hydrogen-bond donors (Lipinski definition) is 0. The Balaban J connectivity index is 1.57. The number of carbonyl (C=O) groups excluding carboxylic acids is 2. The van der Waals surface area contributed by atoms with Crippen LogP contribution in [0.3, 0.4) is 0 Å². The minimum atomic E-state index is -3.60. The van der Waals surface area contributed by atoms with Crippen molar-refractivity contribution in [2.24, 2.45) is 5.92 Å². The van der Waals surface area contributed by atoms with Crippen molar-refractivity contribution in [2.45, 2.75) is 50.3 Å². The van der Waals surface area contributed by atoms with Crippen molar-refractivity contribution in [3.05, 3.63) is 29.8 Å². The van der Waals surface area contributed by atoms with Gasteiger partial charge in [0.15, 0.2) is 5.78 Å². The highest BCUT2D eigenvalue weighted by atomic mass is 32.2. The van der Waals surface area contributed by atoms with E-state index in [1.165, 1.54) is 42.6 Å². The second-order valence-electron chi connectivity index (χ2n) is 7.57. The van der Waals surface area contributed by atoms with E-state index >= 15 is 0 Å². The number of carbonyl (C=O) groups is 2. The number of hydrogen-bond acceptors (Lipinski definition) is 4. The zero-order valence-corrected chi connectivity index (χ0v) is 16.7. The van der Waals surface area contributed by atoms with E-state index in [1.54, 1.807) is 17.0 Å². The number of Topliss-reactive ketones (excluding diaryl/α,β-unsaturated/α-hetero) is 1. The number of ketones is 1. The van der Waals surface area contributed by atoms with Crippen LogP contribution in [0.25, 0.3) is 0 Å². The van der Waals surface area contributed by atoms with Gasteiger partial charge in [0.25, 0.3) is 0 Å². The molecule has 3 rings (SSSR count). The van der Waals surface area contributed by atoms with Gasteiger partial charge in [0.05, 0.1) is 4.90 Å². The van der Waals surface area contributed by atoms with Gasteiger partial charge < -0.3 is 4.90 Å². The largest absolute Gasteiger partial charge is 0.340 e. The average Bonchev–Trinajstić information content (AvgIpc) is 2.69. The Bertz CT molecular complexity index is 775. The molecule has 1 amide bonds. The SMILES string of the molecule is CC(=O)c1ccc(S(=O)(=O)N2CCN(C(=O)CC3CCCCC3)CC2)cc1. The molecule has 1 aromatic rings. The molecule has 0 atom stereocenters. The monoisotopic (exact) mass is 392 g/mol. The van der Waals surface area contributed by atoms with E-state index in [9.17, 15) is 18.0 Å². The molecule has 1 saturated heterocycles. The number of benzene rings is 1. The minimum Gasteiger partial charge on any atom is -0.340 e. The fourth-order valence-electron chi connectivity index (χ4n) is 3.96. The van der Waals surface area contributed by atoms with Crippen LogP contribution in [0, 0.1) is 5.92 Å². The quantitative estimate of drug-likeness (QED) is 0.722. The lowest BCUT2D eigenvalue weighted by Gasteiger charge is -2.35. The summed E-state index contributed by atoms with van der Waals surface area (Å²) < 4.78 is 27.0. The Labute approximate surface area is 161 Å². The fraction of sp³-hybridized carbons (Fsp3) is 0.600. The maximum atomic E-state index is 12.8. The smallest absolute Gasteiger partial charge is 0.243 e. The van der Waals surface area contributed by atoms with Crippen molar-refractivity contribution in [1.29, 1.82) is 0 Å². The van der Waals surface area contributed by atoms with Crippen LogP contribution in [0.15, 0.2) is 29.2 Å². The lowest BCUT2D eigenvalue weighted by atomic mass is 9.86. The Morgan fingerprint density at radius 2 is 1.56 bits per heavy atom. The summed E-state index contributed by atoms with van der Waals surface area (Å²) in [5.41, 5.74) is 0.493. The molecule has 0 radical (unpaired) electrons. The van der Waals surface area contributed by atoms with E-state index in [1.807, 2.05) is 0 Å². The molecule has 0 aromatic heterocycles. The van der Waals surface area contributed by atoms with Crippen LogP contribution < -0.4 is 0 Å². The zero-order valence-electron chi connectivity index (χ0n) is 15.9. The molecule has 6 nitrogen and oxygen atoms in total. The molecule has 0 bridgehead atoms. The first kappa shape index (κ1) is 20.0. The predicted molar refractivity (Wildman–Crippen MR) is 103 cm³/mol. The molecular formula is C20H28N2O4S. The first-order valence-corrected chi connectivity index (χ1v) is 11.2. The third kappa shape index (κ3) is 4.76. The number of rotatable bonds is 5. The van der Waals surface area contributed by atoms with Crippen molar-refractivity contribution in [3.8, 4) is 0 Å². The van der Waals surface area contributed by atoms with Crippen LogP contribution in [0.2, 0.25) is 0 Å². The van der Waals surface area contributed by atoms with Crippen LogP contribution >= 0.6 is 0 Å². The third-order valence-corrected chi connectivity index (χ3v) is 7.59. The summed E-state index contributed by atoms with van der Waals surface area (Å²) >= 11 is 0. The minimum absolute atomic E-state index is 0.0935. The lowest BCUT2D eigenvalue weighted by molar-refractivity contribution is -0.133. The van der Waals surface area contributed by atoms with E-state index in [4.69, 9.17) is 0 Å². The van der Waals surface area contributed by atoms with Gasteiger partial charge in [-0.05, 0) is 37.8 Å². The van der Waals surface area contributed by atoms with Crippen molar-refractivity contribution >= 4 is 21.7 Å². The molecule has 1 aromatic carbocycles. The van der Waals surface area contributed by atoms with Crippen LogP contribution in [-0.2, 0) is 14.8 Å². The van der Waals surface area contributed by atoms with Gasteiger partial charge in [-0.15, -0.1) is 0 Å².